The Morgan fingerprint density at radius 2 is 1.95 bits per heavy atom. The second kappa shape index (κ2) is 5.47. The van der Waals surface area contributed by atoms with Crippen molar-refractivity contribution in [3.63, 3.8) is 0 Å². The molecule has 0 unspecified atom stereocenters. The number of hydrogen-bond donors (Lipinski definition) is 0. The summed E-state index contributed by atoms with van der Waals surface area (Å²) in [5.41, 5.74) is -0.800. The number of benzene rings is 1. The van der Waals surface area contributed by atoms with Crippen LogP contribution in [0.4, 0.5) is 18.9 Å². The lowest BCUT2D eigenvalue weighted by molar-refractivity contribution is -0.137. The number of rotatable bonds is 4. The van der Waals surface area contributed by atoms with E-state index in [1.54, 1.807) is 11.8 Å². The van der Waals surface area contributed by atoms with Crippen LogP contribution in [-0.4, -0.2) is 30.2 Å². The lowest BCUT2D eigenvalue weighted by Crippen LogP contribution is -2.30. The smallest absolute Gasteiger partial charge is 0.305 e. The van der Waals surface area contributed by atoms with Crippen molar-refractivity contribution in [1.29, 1.82) is 0 Å². The molecule has 1 aliphatic rings. The molecule has 20 heavy (non-hydrogen) atoms. The number of amides is 1. The summed E-state index contributed by atoms with van der Waals surface area (Å²) in [7, 11) is 0. The van der Waals surface area contributed by atoms with E-state index in [-0.39, 0.29) is 11.3 Å². The highest BCUT2D eigenvalue weighted by Gasteiger charge is 2.38. The van der Waals surface area contributed by atoms with Crippen LogP contribution in [0.1, 0.15) is 22.3 Å². The zero-order valence-electron chi connectivity index (χ0n) is 10.7. The van der Waals surface area contributed by atoms with Crippen LogP contribution in [0.2, 0.25) is 0 Å². The number of ketones is 1. The fourth-order valence-corrected chi connectivity index (χ4v) is 2.48. The monoisotopic (exact) mass is 303 g/mol. The number of halogens is 3. The third kappa shape index (κ3) is 2.67. The molecule has 7 heteroatoms. The van der Waals surface area contributed by atoms with Crippen molar-refractivity contribution in [2.75, 3.05) is 23.5 Å². The van der Waals surface area contributed by atoms with Gasteiger partial charge in [-0.1, -0.05) is 0 Å². The van der Waals surface area contributed by atoms with Crippen LogP contribution < -0.4 is 4.90 Å². The van der Waals surface area contributed by atoms with Crippen molar-refractivity contribution in [2.24, 2.45) is 0 Å². The highest BCUT2D eigenvalue weighted by molar-refractivity contribution is 7.98. The van der Waals surface area contributed by atoms with E-state index < -0.39 is 23.4 Å². The predicted octanol–water partition coefficient (Wildman–Crippen LogP) is 2.99. The minimum atomic E-state index is -4.52. The first-order valence-electron chi connectivity index (χ1n) is 5.92. The van der Waals surface area contributed by atoms with E-state index in [1.165, 1.54) is 11.0 Å². The summed E-state index contributed by atoms with van der Waals surface area (Å²) in [6.45, 7) is 0.337. The Kier molecular flexibility index (Phi) is 4.08. The van der Waals surface area contributed by atoms with Crippen molar-refractivity contribution in [3.05, 3.63) is 29.3 Å². The Morgan fingerprint density at radius 1 is 1.25 bits per heavy atom. The number of hydrogen-bond acceptors (Lipinski definition) is 3. The van der Waals surface area contributed by atoms with E-state index in [1.807, 2.05) is 6.26 Å². The molecule has 1 amide bonds. The third-order valence-corrected chi connectivity index (χ3v) is 3.73. The summed E-state index contributed by atoms with van der Waals surface area (Å²) >= 11 is 1.60. The molecular formula is C13H12F3NO2S. The molecule has 3 nitrogen and oxygen atoms in total. The SMILES string of the molecule is CSCCCN1C(=O)C(=O)c2cc(C(F)(F)F)ccc21. The van der Waals surface area contributed by atoms with Crippen molar-refractivity contribution in [3.8, 4) is 0 Å². The molecule has 0 N–H and O–H groups in total. The number of fused-ring (bicyclic) bond motifs is 1. The topological polar surface area (TPSA) is 37.4 Å². The molecule has 0 bridgehead atoms. The van der Waals surface area contributed by atoms with E-state index in [4.69, 9.17) is 0 Å². The minimum Gasteiger partial charge on any atom is -0.305 e. The van der Waals surface area contributed by atoms with Crippen molar-refractivity contribution < 1.29 is 22.8 Å². The van der Waals surface area contributed by atoms with E-state index in [0.29, 0.717) is 13.0 Å². The van der Waals surface area contributed by atoms with E-state index in [0.717, 1.165) is 17.9 Å². The number of thioether (sulfide) groups is 1. The maximum Gasteiger partial charge on any atom is 0.416 e. The predicted molar refractivity (Wildman–Crippen MR) is 71.1 cm³/mol. The summed E-state index contributed by atoms with van der Waals surface area (Å²) in [5.74, 6) is -0.802. The largest absolute Gasteiger partial charge is 0.416 e. The minimum absolute atomic E-state index is 0.158. The van der Waals surface area contributed by atoms with Crippen LogP contribution in [0.15, 0.2) is 18.2 Å². The van der Waals surface area contributed by atoms with Gasteiger partial charge in [0.05, 0.1) is 16.8 Å². The van der Waals surface area contributed by atoms with E-state index in [9.17, 15) is 22.8 Å². The Balaban J connectivity index is 2.32. The van der Waals surface area contributed by atoms with Gasteiger partial charge in [0.1, 0.15) is 0 Å². The molecule has 0 spiro atoms. The fourth-order valence-electron chi connectivity index (χ4n) is 2.07. The summed E-state index contributed by atoms with van der Waals surface area (Å²) in [4.78, 5) is 24.8. The summed E-state index contributed by atoms with van der Waals surface area (Å²) in [6.07, 6.45) is -1.92. The maximum atomic E-state index is 12.6. The normalized spacial score (nSPS) is 14.9. The molecule has 2 rings (SSSR count). The standard InChI is InChI=1S/C13H12F3NO2S/c1-20-6-2-5-17-10-4-3-8(13(14,15)16)7-9(10)11(18)12(17)19/h3-4,7H,2,5-6H2,1H3. The molecule has 1 aromatic carbocycles. The van der Waals surface area contributed by atoms with Gasteiger partial charge in [-0.3, -0.25) is 9.59 Å². The second-order valence-corrected chi connectivity index (χ2v) is 5.35. The number of carbonyl (C=O) groups excluding carboxylic acids is 2. The zero-order valence-corrected chi connectivity index (χ0v) is 11.5. The average molecular weight is 303 g/mol. The van der Waals surface area contributed by atoms with Gasteiger partial charge in [-0.2, -0.15) is 24.9 Å². The first-order chi connectivity index (χ1) is 9.36. The lowest BCUT2D eigenvalue weighted by atomic mass is 10.1. The zero-order chi connectivity index (χ0) is 14.9. The van der Waals surface area contributed by atoms with Crippen LogP contribution in [0, 0.1) is 0 Å². The van der Waals surface area contributed by atoms with E-state index >= 15 is 0 Å². The lowest BCUT2D eigenvalue weighted by Gasteiger charge is -2.16. The number of nitrogens with zero attached hydrogens (tertiary/aromatic N) is 1. The van der Waals surface area contributed by atoms with Gasteiger partial charge >= 0.3 is 6.18 Å². The highest BCUT2D eigenvalue weighted by Crippen LogP contribution is 2.36. The maximum absolute atomic E-state index is 12.6. The van der Waals surface area contributed by atoms with Gasteiger partial charge < -0.3 is 4.90 Å². The van der Waals surface area contributed by atoms with Gasteiger partial charge in [0.25, 0.3) is 11.7 Å². The van der Waals surface area contributed by atoms with Gasteiger partial charge in [0, 0.05) is 6.54 Å². The molecule has 1 aromatic rings. The van der Waals surface area contributed by atoms with Gasteiger partial charge in [0.15, 0.2) is 0 Å². The first kappa shape index (κ1) is 14.9. The number of Topliss-reactive ketones (excluding diaryl/α,β-unsaturated/α-hetero) is 1. The number of alkyl halides is 3. The molecule has 0 radical (unpaired) electrons. The molecule has 0 saturated carbocycles. The van der Waals surface area contributed by atoms with Crippen molar-refractivity contribution in [1.82, 2.24) is 0 Å². The summed E-state index contributed by atoms with van der Waals surface area (Å²) in [5, 5.41) is 0. The Labute approximate surface area is 118 Å². The van der Waals surface area contributed by atoms with Crippen LogP contribution in [0.25, 0.3) is 0 Å². The fraction of sp³-hybridized carbons (Fsp3) is 0.385. The molecule has 0 saturated heterocycles. The third-order valence-electron chi connectivity index (χ3n) is 3.03. The van der Waals surface area contributed by atoms with Crippen molar-refractivity contribution >= 4 is 29.1 Å². The first-order valence-corrected chi connectivity index (χ1v) is 7.32. The molecule has 0 atom stereocenters. The Bertz CT molecular complexity index is 557. The molecule has 0 aliphatic carbocycles. The average Bonchev–Trinajstić information content (AvgIpc) is 2.63. The number of carbonyl (C=O) groups is 2. The molecule has 1 aliphatic heterocycles. The summed E-state index contributed by atoms with van der Waals surface area (Å²) in [6, 6.07) is 2.84. The van der Waals surface area contributed by atoms with Crippen LogP contribution >= 0.6 is 11.8 Å². The summed E-state index contributed by atoms with van der Waals surface area (Å²) < 4.78 is 37.8. The quantitative estimate of drug-likeness (QED) is 0.634. The second-order valence-electron chi connectivity index (χ2n) is 4.36. The number of anilines is 1. The Morgan fingerprint density at radius 3 is 2.55 bits per heavy atom. The van der Waals surface area contributed by atoms with Crippen LogP contribution in [0.5, 0.6) is 0 Å². The van der Waals surface area contributed by atoms with Crippen LogP contribution in [-0.2, 0) is 11.0 Å². The van der Waals surface area contributed by atoms with Gasteiger partial charge in [-0.05, 0) is 36.6 Å². The Hall–Kier alpha value is -1.50. The van der Waals surface area contributed by atoms with Gasteiger partial charge in [0.2, 0.25) is 0 Å². The molecule has 108 valence electrons. The molecule has 0 aromatic heterocycles. The molecule has 1 heterocycles. The van der Waals surface area contributed by atoms with E-state index in [2.05, 4.69) is 0 Å². The molecular weight excluding hydrogens is 291 g/mol. The molecule has 0 fully saturated rings. The highest BCUT2D eigenvalue weighted by atomic mass is 32.2. The van der Waals surface area contributed by atoms with Gasteiger partial charge in [-0.15, -0.1) is 0 Å². The van der Waals surface area contributed by atoms with Crippen LogP contribution in [0.3, 0.4) is 0 Å². The van der Waals surface area contributed by atoms with Crippen molar-refractivity contribution in [2.45, 2.75) is 12.6 Å². The van der Waals surface area contributed by atoms with Gasteiger partial charge in [-0.25, -0.2) is 0 Å².